The molecule has 2 heteroatoms. The van der Waals surface area contributed by atoms with E-state index in [4.69, 9.17) is 4.74 Å². The minimum atomic E-state index is 0.452. The standard InChI is InChI=1S/C19H25BrO/c1-12-3-4-17(21-2)16(5-12)18(20)19-9-13-6-14(10-19)8-15(7-13)11-19/h3-5,13-15,18H,6-11H2,1-2H3. The van der Waals surface area contributed by atoms with Crippen LogP contribution in [0.3, 0.4) is 0 Å². The summed E-state index contributed by atoms with van der Waals surface area (Å²) in [4.78, 5) is 0.452. The number of halogens is 1. The van der Waals surface area contributed by atoms with Crippen molar-refractivity contribution >= 4 is 15.9 Å². The molecule has 0 aliphatic heterocycles. The zero-order chi connectivity index (χ0) is 14.6. The zero-order valence-electron chi connectivity index (χ0n) is 13.1. The first-order valence-corrected chi connectivity index (χ1v) is 9.30. The van der Waals surface area contributed by atoms with Crippen molar-refractivity contribution in [2.75, 3.05) is 7.11 Å². The molecule has 0 aromatic heterocycles. The molecule has 0 saturated heterocycles. The summed E-state index contributed by atoms with van der Waals surface area (Å²) in [6.45, 7) is 2.18. The van der Waals surface area contributed by atoms with Gasteiger partial charge in [-0.3, -0.25) is 0 Å². The maximum Gasteiger partial charge on any atom is 0.123 e. The van der Waals surface area contributed by atoms with Gasteiger partial charge in [0.25, 0.3) is 0 Å². The number of aryl methyl sites for hydroxylation is 1. The monoisotopic (exact) mass is 348 g/mol. The predicted molar refractivity (Wildman–Crippen MR) is 90.0 cm³/mol. The fourth-order valence-corrected chi connectivity index (χ4v) is 6.79. The highest BCUT2D eigenvalue weighted by atomic mass is 79.9. The van der Waals surface area contributed by atoms with Crippen LogP contribution in [0.15, 0.2) is 18.2 Å². The van der Waals surface area contributed by atoms with Crippen molar-refractivity contribution in [2.24, 2.45) is 23.2 Å². The summed E-state index contributed by atoms with van der Waals surface area (Å²) in [6.07, 6.45) is 8.78. The second kappa shape index (κ2) is 5.01. The number of hydrogen-bond acceptors (Lipinski definition) is 1. The minimum Gasteiger partial charge on any atom is -0.496 e. The van der Waals surface area contributed by atoms with Crippen molar-refractivity contribution in [2.45, 2.75) is 50.3 Å². The summed E-state index contributed by atoms with van der Waals surface area (Å²) < 4.78 is 5.65. The molecule has 1 aromatic carbocycles. The van der Waals surface area contributed by atoms with Gasteiger partial charge in [-0.05, 0) is 74.7 Å². The molecule has 5 rings (SSSR count). The molecule has 21 heavy (non-hydrogen) atoms. The van der Waals surface area contributed by atoms with Gasteiger partial charge in [0.15, 0.2) is 0 Å². The van der Waals surface area contributed by atoms with Gasteiger partial charge in [-0.25, -0.2) is 0 Å². The van der Waals surface area contributed by atoms with E-state index in [2.05, 4.69) is 41.1 Å². The molecule has 0 spiro atoms. The molecule has 0 heterocycles. The Bertz CT molecular complexity index is 515. The Kier molecular flexibility index (Phi) is 3.37. The number of alkyl halides is 1. The van der Waals surface area contributed by atoms with E-state index in [1.165, 1.54) is 49.7 Å². The van der Waals surface area contributed by atoms with E-state index in [0.29, 0.717) is 10.2 Å². The topological polar surface area (TPSA) is 9.23 Å². The Morgan fingerprint density at radius 3 is 2.19 bits per heavy atom. The van der Waals surface area contributed by atoms with Gasteiger partial charge in [-0.2, -0.15) is 0 Å². The predicted octanol–water partition coefficient (Wildman–Crippen LogP) is 5.66. The number of ether oxygens (including phenoxy) is 1. The Labute approximate surface area is 136 Å². The van der Waals surface area contributed by atoms with Crippen LogP contribution in [0.2, 0.25) is 0 Å². The van der Waals surface area contributed by atoms with Crippen molar-refractivity contribution in [1.29, 1.82) is 0 Å². The molecule has 1 atom stereocenters. The van der Waals surface area contributed by atoms with E-state index < -0.39 is 0 Å². The lowest BCUT2D eigenvalue weighted by atomic mass is 9.48. The summed E-state index contributed by atoms with van der Waals surface area (Å²) in [5.74, 6) is 4.03. The average molecular weight is 349 g/mol. The Morgan fingerprint density at radius 1 is 1.10 bits per heavy atom. The number of benzene rings is 1. The first-order chi connectivity index (χ1) is 10.1. The van der Waals surface area contributed by atoms with Crippen molar-refractivity contribution in [3.63, 3.8) is 0 Å². The number of methoxy groups -OCH3 is 1. The van der Waals surface area contributed by atoms with Crippen LogP contribution in [0.25, 0.3) is 0 Å². The lowest BCUT2D eigenvalue weighted by Gasteiger charge is -2.58. The molecular formula is C19H25BrO. The van der Waals surface area contributed by atoms with Crippen LogP contribution < -0.4 is 4.74 Å². The van der Waals surface area contributed by atoms with Crippen LogP contribution in [0, 0.1) is 30.1 Å². The van der Waals surface area contributed by atoms with E-state index in [1.54, 1.807) is 7.11 Å². The molecular weight excluding hydrogens is 324 g/mol. The first-order valence-electron chi connectivity index (χ1n) is 8.38. The van der Waals surface area contributed by atoms with Crippen LogP contribution in [0.1, 0.15) is 54.5 Å². The van der Waals surface area contributed by atoms with Gasteiger partial charge in [-0.15, -0.1) is 0 Å². The third-order valence-electron chi connectivity index (χ3n) is 6.28. The molecule has 1 unspecified atom stereocenters. The van der Waals surface area contributed by atoms with Gasteiger partial charge in [0, 0.05) is 10.4 Å². The molecule has 4 saturated carbocycles. The molecule has 4 bridgehead atoms. The van der Waals surface area contributed by atoms with Gasteiger partial charge in [0.05, 0.1) is 7.11 Å². The van der Waals surface area contributed by atoms with Crippen LogP contribution in [0.5, 0.6) is 5.75 Å². The molecule has 1 nitrogen and oxygen atoms in total. The van der Waals surface area contributed by atoms with E-state index in [-0.39, 0.29) is 0 Å². The van der Waals surface area contributed by atoms with E-state index in [9.17, 15) is 0 Å². The van der Waals surface area contributed by atoms with Gasteiger partial charge >= 0.3 is 0 Å². The molecule has 0 radical (unpaired) electrons. The highest BCUT2D eigenvalue weighted by molar-refractivity contribution is 9.09. The summed E-state index contributed by atoms with van der Waals surface area (Å²) in [7, 11) is 1.80. The highest BCUT2D eigenvalue weighted by Gasteiger charge is 2.54. The van der Waals surface area contributed by atoms with E-state index in [1.807, 2.05) is 0 Å². The SMILES string of the molecule is COc1ccc(C)cc1C(Br)C12CC3CC(CC(C3)C1)C2. The molecule has 0 amide bonds. The third-order valence-corrected chi connectivity index (χ3v) is 7.75. The highest BCUT2D eigenvalue weighted by Crippen LogP contribution is 2.66. The third kappa shape index (κ3) is 2.25. The Morgan fingerprint density at radius 2 is 1.67 bits per heavy atom. The molecule has 0 N–H and O–H groups in total. The molecule has 114 valence electrons. The lowest BCUT2D eigenvalue weighted by molar-refractivity contribution is -0.0530. The van der Waals surface area contributed by atoms with Crippen LogP contribution in [-0.2, 0) is 0 Å². The summed E-state index contributed by atoms with van der Waals surface area (Å²) in [5.41, 5.74) is 3.19. The Hall–Kier alpha value is -0.500. The molecule has 4 aliphatic carbocycles. The smallest absolute Gasteiger partial charge is 0.123 e. The summed E-state index contributed by atoms with van der Waals surface area (Å²) in [5, 5.41) is 0. The van der Waals surface area contributed by atoms with Crippen LogP contribution in [0.4, 0.5) is 0 Å². The van der Waals surface area contributed by atoms with E-state index in [0.717, 1.165) is 23.5 Å². The number of hydrogen-bond donors (Lipinski definition) is 0. The lowest BCUT2D eigenvalue weighted by Crippen LogP contribution is -2.47. The second-order valence-electron chi connectivity index (χ2n) is 7.89. The summed E-state index contributed by atoms with van der Waals surface area (Å²) in [6, 6.07) is 6.62. The van der Waals surface area contributed by atoms with Crippen molar-refractivity contribution in [3.05, 3.63) is 29.3 Å². The molecule has 4 fully saturated rings. The maximum absolute atomic E-state index is 5.65. The van der Waals surface area contributed by atoms with Gasteiger partial charge < -0.3 is 4.74 Å². The summed E-state index contributed by atoms with van der Waals surface area (Å²) >= 11 is 4.12. The van der Waals surface area contributed by atoms with E-state index >= 15 is 0 Å². The number of rotatable bonds is 3. The largest absolute Gasteiger partial charge is 0.496 e. The van der Waals surface area contributed by atoms with Crippen molar-refractivity contribution < 1.29 is 4.74 Å². The zero-order valence-corrected chi connectivity index (χ0v) is 14.7. The van der Waals surface area contributed by atoms with Gasteiger partial charge in [0.1, 0.15) is 5.75 Å². The quantitative estimate of drug-likeness (QED) is 0.640. The van der Waals surface area contributed by atoms with Gasteiger partial charge in [0.2, 0.25) is 0 Å². The minimum absolute atomic E-state index is 0.452. The van der Waals surface area contributed by atoms with Crippen molar-refractivity contribution in [3.8, 4) is 5.75 Å². The van der Waals surface area contributed by atoms with Gasteiger partial charge in [-0.1, -0.05) is 33.6 Å². The average Bonchev–Trinajstić information content (AvgIpc) is 2.45. The van der Waals surface area contributed by atoms with Crippen LogP contribution >= 0.6 is 15.9 Å². The first kappa shape index (κ1) is 14.1. The Balaban J connectivity index is 1.71. The fraction of sp³-hybridized carbons (Fsp3) is 0.684. The molecule has 1 aromatic rings. The normalized spacial score (nSPS) is 38.5. The van der Waals surface area contributed by atoms with Crippen molar-refractivity contribution in [1.82, 2.24) is 0 Å². The maximum atomic E-state index is 5.65. The fourth-order valence-electron chi connectivity index (χ4n) is 5.87. The second-order valence-corrected chi connectivity index (χ2v) is 8.80. The van der Waals surface area contributed by atoms with Crippen LogP contribution in [-0.4, -0.2) is 7.11 Å². The molecule has 4 aliphatic rings.